The van der Waals surface area contributed by atoms with Gasteiger partial charge in [0.2, 0.25) is 0 Å². The van der Waals surface area contributed by atoms with Crippen LogP contribution in [0.3, 0.4) is 0 Å². The van der Waals surface area contributed by atoms with Gasteiger partial charge in [0, 0.05) is 26.8 Å². The number of benzene rings is 1. The molecule has 0 saturated heterocycles. The molecular formula is C21H26N2O3Si. The number of rotatable bonds is 8. The minimum absolute atomic E-state index is 0.170. The molecule has 0 spiro atoms. The number of allylic oxidation sites excluding steroid dienone is 1. The molecule has 0 aliphatic carbocycles. The van der Waals surface area contributed by atoms with Gasteiger partial charge in [-0.3, -0.25) is 14.6 Å². The van der Waals surface area contributed by atoms with E-state index in [0.29, 0.717) is 17.9 Å². The molecule has 0 aliphatic rings. The normalized spacial score (nSPS) is 12.1. The van der Waals surface area contributed by atoms with Crippen molar-refractivity contribution in [2.75, 3.05) is 6.61 Å². The van der Waals surface area contributed by atoms with E-state index in [1.807, 2.05) is 30.3 Å². The summed E-state index contributed by atoms with van der Waals surface area (Å²) in [5, 5.41) is 2.82. The van der Waals surface area contributed by atoms with Crippen molar-refractivity contribution in [2.24, 2.45) is 0 Å². The first-order valence-electron chi connectivity index (χ1n) is 8.94. The Kier molecular flexibility index (Phi) is 7.07. The summed E-state index contributed by atoms with van der Waals surface area (Å²) in [6.45, 7) is 8.62. The van der Waals surface area contributed by atoms with Gasteiger partial charge in [0.1, 0.15) is 5.69 Å². The number of carbonyl (C=O) groups excluding carboxylic acids is 2. The largest absolute Gasteiger partial charge is 0.488 e. The maximum absolute atomic E-state index is 12.6. The smallest absolute Gasteiger partial charge is 0.274 e. The quantitative estimate of drug-likeness (QED) is 0.423. The summed E-state index contributed by atoms with van der Waals surface area (Å²) in [6, 6.07) is 15.3. The van der Waals surface area contributed by atoms with Gasteiger partial charge in [0.15, 0.2) is 11.5 Å². The number of carbonyl (C=O) groups is 2. The van der Waals surface area contributed by atoms with Gasteiger partial charge in [0.05, 0.1) is 12.3 Å². The van der Waals surface area contributed by atoms with Crippen molar-refractivity contribution >= 4 is 25.5 Å². The maximum atomic E-state index is 12.6. The molecule has 1 amide bonds. The van der Waals surface area contributed by atoms with Crippen molar-refractivity contribution < 1.29 is 14.3 Å². The highest BCUT2D eigenvalue weighted by Crippen LogP contribution is 2.20. The first kappa shape index (κ1) is 20.6. The number of ketones is 1. The first-order valence-corrected chi connectivity index (χ1v) is 12.6. The van der Waals surface area contributed by atoms with Gasteiger partial charge in [0.25, 0.3) is 5.91 Å². The fourth-order valence-corrected chi connectivity index (χ4v) is 3.06. The van der Waals surface area contributed by atoms with Gasteiger partial charge >= 0.3 is 0 Å². The average Bonchev–Trinajstić information content (AvgIpc) is 2.64. The van der Waals surface area contributed by atoms with Crippen LogP contribution in [0.2, 0.25) is 25.7 Å². The molecule has 0 radical (unpaired) electrons. The number of amides is 1. The first-order chi connectivity index (χ1) is 12.8. The highest BCUT2D eigenvalue weighted by molar-refractivity contribution is 6.76. The fourth-order valence-electron chi connectivity index (χ4n) is 2.35. The zero-order valence-corrected chi connectivity index (χ0v) is 17.3. The number of Topliss-reactive ketones (excluding diaryl/α,β-unsaturated/α-hetero) is 1. The lowest BCUT2D eigenvalue weighted by Gasteiger charge is -2.19. The molecule has 0 bridgehead atoms. The molecule has 0 fully saturated rings. The van der Waals surface area contributed by atoms with E-state index in [2.05, 4.69) is 29.9 Å². The van der Waals surface area contributed by atoms with Crippen LogP contribution in [0, 0.1) is 0 Å². The molecule has 1 aromatic carbocycles. The van der Waals surface area contributed by atoms with Gasteiger partial charge in [-0.25, -0.2) is 0 Å². The number of aromatic nitrogens is 1. The number of hydrogen-bond donors (Lipinski definition) is 1. The van der Waals surface area contributed by atoms with Crippen molar-refractivity contribution in [3.8, 4) is 0 Å². The number of hydrogen-bond acceptors (Lipinski definition) is 4. The maximum Gasteiger partial charge on any atom is 0.274 e. The van der Waals surface area contributed by atoms with Crippen molar-refractivity contribution in [2.45, 2.75) is 32.6 Å². The molecule has 1 heterocycles. The number of pyridine rings is 1. The topological polar surface area (TPSA) is 68.3 Å². The second kappa shape index (κ2) is 9.28. The minimum atomic E-state index is -1.31. The summed E-state index contributed by atoms with van der Waals surface area (Å²) in [4.78, 5) is 29.0. The van der Waals surface area contributed by atoms with Crippen LogP contribution in [0.15, 0.2) is 60.5 Å². The van der Waals surface area contributed by atoms with E-state index >= 15 is 0 Å². The lowest BCUT2D eigenvalue weighted by molar-refractivity contribution is -0.116. The number of nitrogens with one attached hydrogen (secondary N) is 1. The van der Waals surface area contributed by atoms with Crippen LogP contribution in [0.1, 0.15) is 23.0 Å². The average molecular weight is 383 g/mol. The molecule has 0 unspecified atom stereocenters. The number of ether oxygens (including phenoxy) is 1. The predicted octanol–water partition coefficient (Wildman–Crippen LogP) is 4.12. The molecule has 1 aromatic heterocycles. The van der Waals surface area contributed by atoms with Gasteiger partial charge in [-0.1, -0.05) is 56.0 Å². The highest BCUT2D eigenvalue weighted by Gasteiger charge is 2.20. The molecule has 0 aliphatic heterocycles. The van der Waals surface area contributed by atoms with Crippen LogP contribution in [0.5, 0.6) is 0 Å². The van der Waals surface area contributed by atoms with Gasteiger partial charge in [-0.05, 0) is 18.2 Å². The van der Waals surface area contributed by atoms with E-state index in [9.17, 15) is 9.59 Å². The van der Waals surface area contributed by atoms with Crippen LogP contribution in [0.25, 0.3) is 5.70 Å². The van der Waals surface area contributed by atoms with Crippen LogP contribution in [-0.2, 0) is 9.53 Å². The summed E-state index contributed by atoms with van der Waals surface area (Å²) in [6.07, 6.45) is 1.55. The van der Waals surface area contributed by atoms with Crippen LogP contribution in [-0.4, -0.2) is 31.4 Å². The Bertz CT molecular complexity index is 812. The monoisotopic (exact) mass is 382 g/mol. The highest BCUT2D eigenvalue weighted by atomic mass is 28.3. The van der Waals surface area contributed by atoms with Crippen LogP contribution >= 0.6 is 0 Å². The molecule has 1 N–H and O–H groups in total. The Morgan fingerprint density at radius 3 is 2.26 bits per heavy atom. The van der Waals surface area contributed by atoms with E-state index in [0.717, 1.165) is 6.04 Å². The van der Waals surface area contributed by atoms with E-state index in [4.69, 9.17) is 4.74 Å². The number of nitrogens with zero attached hydrogens (tertiary/aromatic N) is 1. The molecule has 142 valence electrons. The summed E-state index contributed by atoms with van der Waals surface area (Å²) < 4.78 is 5.86. The van der Waals surface area contributed by atoms with E-state index in [-0.39, 0.29) is 23.1 Å². The Morgan fingerprint density at radius 1 is 1.04 bits per heavy atom. The summed E-state index contributed by atoms with van der Waals surface area (Å²) in [5.74, 6) is -0.448. The van der Waals surface area contributed by atoms with Crippen LogP contribution < -0.4 is 5.32 Å². The second-order valence-corrected chi connectivity index (χ2v) is 13.1. The zero-order valence-electron chi connectivity index (χ0n) is 16.3. The van der Waals surface area contributed by atoms with E-state index in [1.54, 1.807) is 24.4 Å². The van der Waals surface area contributed by atoms with Gasteiger partial charge in [-0.2, -0.15) is 0 Å². The standard InChI is InChI=1S/C21H26N2O3Si/c1-16(24)20(26-14-15-27(2,3)4)19(17-10-6-5-7-11-17)23-21(25)18-12-8-9-13-22-18/h5-13H,14-15H2,1-4H3,(H,23,25)/b20-19+. The summed E-state index contributed by atoms with van der Waals surface area (Å²) in [5.41, 5.74) is 1.35. The molecule has 2 aromatic rings. The van der Waals surface area contributed by atoms with Gasteiger partial charge < -0.3 is 10.1 Å². The molecule has 2 rings (SSSR count). The van der Waals surface area contributed by atoms with Crippen LogP contribution in [0.4, 0.5) is 0 Å². The minimum Gasteiger partial charge on any atom is -0.488 e. The van der Waals surface area contributed by atoms with Crippen molar-refractivity contribution in [3.63, 3.8) is 0 Å². The lowest BCUT2D eigenvalue weighted by Crippen LogP contribution is -2.27. The molecule has 5 nitrogen and oxygen atoms in total. The van der Waals surface area contributed by atoms with Crippen molar-refractivity contribution in [1.82, 2.24) is 10.3 Å². The Morgan fingerprint density at radius 2 is 1.70 bits per heavy atom. The Labute approximate surface area is 161 Å². The lowest BCUT2D eigenvalue weighted by atomic mass is 10.1. The molecule has 6 heteroatoms. The SMILES string of the molecule is CC(=O)/C(OCC[Si](C)(C)C)=C(\NC(=O)c1ccccn1)c1ccccc1. The third-order valence-corrected chi connectivity index (χ3v) is 5.55. The molecular weight excluding hydrogens is 356 g/mol. The van der Waals surface area contributed by atoms with E-state index < -0.39 is 8.07 Å². The Hall–Kier alpha value is -2.73. The van der Waals surface area contributed by atoms with Crippen molar-refractivity contribution in [1.29, 1.82) is 0 Å². The molecule has 0 atom stereocenters. The van der Waals surface area contributed by atoms with Gasteiger partial charge in [-0.15, -0.1) is 0 Å². The second-order valence-electron chi connectivity index (χ2n) is 7.45. The Balaban J connectivity index is 2.37. The third kappa shape index (κ3) is 6.49. The third-order valence-electron chi connectivity index (χ3n) is 3.84. The van der Waals surface area contributed by atoms with E-state index in [1.165, 1.54) is 6.92 Å². The fraction of sp³-hybridized carbons (Fsp3) is 0.286. The summed E-state index contributed by atoms with van der Waals surface area (Å²) >= 11 is 0. The summed E-state index contributed by atoms with van der Waals surface area (Å²) in [7, 11) is -1.31. The molecule has 27 heavy (non-hydrogen) atoms. The molecule has 0 saturated carbocycles. The van der Waals surface area contributed by atoms with Crippen molar-refractivity contribution in [3.05, 3.63) is 71.7 Å². The predicted molar refractivity (Wildman–Crippen MR) is 110 cm³/mol. The zero-order chi connectivity index (χ0) is 19.9.